The predicted octanol–water partition coefficient (Wildman–Crippen LogP) is 3.31. The van der Waals surface area contributed by atoms with E-state index in [9.17, 15) is 5.11 Å². The van der Waals surface area contributed by atoms with Gasteiger partial charge in [-0.1, -0.05) is 30.2 Å². The molecule has 0 amide bonds. The van der Waals surface area contributed by atoms with Crippen LogP contribution in [0, 0.1) is 5.92 Å². The fourth-order valence-corrected chi connectivity index (χ4v) is 3.35. The van der Waals surface area contributed by atoms with Crippen molar-refractivity contribution in [2.75, 3.05) is 0 Å². The van der Waals surface area contributed by atoms with Crippen LogP contribution in [-0.4, -0.2) is 20.3 Å². The average molecular weight is 291 g/mol. The Morgan fingerprint density at radius 2 is 2.15 bits per heavy atom. The van der Waals surface area contributed by atoms with Gasteiger partial charge in [0, 0.05) is 36.3 Å². The Balaban J connectivity index is 1.73. The number of aliphatic hydroxyl groups is 1. The molecule has 0 bridgehead atoms. The Hall–Kier alpha value is -1.32. The van der Waals surface area contributed by atoms with E-state index in [4.69, 9.17) is 11.6 Å². The van der Waals surface area contributed by atoms with Gasteiger partial charge < -0.3 is 9.67 Å². The van der Waals surface area contributed by atoms with Crippen LogP contribution in [0.3, 0.4) is 0 Å². The summed E-state index contributed by atoms with van der Waals surface area (Å²) in [6.07, 6.45) is 9.29. The van der Waals surface area contributed by atoms with Gasteiger partial charge >= 0.3 is 0 Å². The summed E-state index contributed by atoms with van der Waals surface area (Å²) in [7, 11) is 0. The Kier molecular flexibility index (Phi) is 3.81. The molecule has 1 fully saturated rings. The third-order valence-corrected chi connectivity index (χ3v) is 4.59. The number of hydrogen-bond acceptors (Lipinski definition) is 2. The lowest BCUT2D eigenvalue weighted by Crippen LogP contribution is -2.37. The normalized spacial score (nSPS) is 26.0. The molecule has 0 spiro atoms. The minimum Gasteiger partial charge on any atom is -0.389 e. The predicted molar refractivity (Wildman–Crippen MR) is 79.7 cm³/mol. The second kappa shape index (κ2) is 5.58. The van der Waals surface area contributed by atoms with Crippen molar-refractivity contribution in [1.82, 2.24) is 9.55 Å². The summed E-state index contributed by atoms with van der Waals surface area (Å²) < 4.78 is 2.06. The third-order valence-electron chi connectivity index (χ3n) is 4.34. The average Bonchev–Trinajstić information content (AvgIpc) is 3.04. The van der Waals surface area contributed by atoms with Gasteiger partial charge in [-0.2, -0.15) is 0 Å². The summed E-state index contributed by atoms with van der Waals surface area (Å²) in [6, 6.07) is 7.79. The summed E-state index contributed by atoms with van der Waals surface area (Å²) >= 11 is 5.91. The Morgan fingerprint density at radius 1 is 1.35 bits per heavy atom. The number of halogens is 1. The molecule has 3 nitrogen and oxygen atoms in total. The van der Waals surface area contributed by atoms with Gasteiger partial charge in [0.05, 0.1) is 11.9 Å². The van der Waals surface area contributed by atoms with Crippen molar-refractivity contribution in [1.29, 1.82) is 0 Å². The molecule has 1 N–H and O–H groups in total. The largest absolute Gasteiger partial charge is 0.389 e. The van der Waals surface area contributed by atoms with Crippen molar-refractivity contribution in [2.24, 2.45) is 5.92 Å². The van der Waals surface area contributed by atoms with Crippen LogP contribution in [0.1, 0.15) is 24.8 Å². The van der Waals surface area contributed by atoms with E-state index in [-0.39, 0.29) is 5.92 Å². The van der Waals surface area contributed by atoms with Crippen LogP contribution < -0.4 is 0 Å². The van der Waals surface area contributed by atoms with Gasteiger partial charge in [0.25, 0.3) is 0 Å². The van der Waals surface area contributed by atoms with E-state index in [1.807, 2.05) is 36.8 Å². The highest BCUT2D eigenvalue weighted by atomic mass is 35.5. The molecule has 3 rings (SSSR count). The summed E-state index contributed by atoms with van der Waals surface area (Å²) in [5.74, 6) is 0.285. The van der Waals surface area contributed by atoms with Crippen LogP contribution in [0.5, 0.6) is 0 Å². The van der Waals surface area contributed by atoms with Gasteiger partial charge in [-0.15, -0.1) is 0 Å². The molecular formula is C16H19ClN2O. The van der Waals surface area contributed by atoms with Crippen molar-refractivity contribution < 1.29 is 5.11 Å². The molecule has 1 heterocycles. The lowest BCUT2D eigenvalue weighted by atomic mass is 9.84. The second-order valence-corrected chi connectivity index (χ2v) is 6.19. The fourth-order valence-electron chi connectivity index (χ4n) is 3.23. The molecular weight excluding hydrogens is 272 g/mol. The van der Waals surface area contributed by atoms with Crippen LogP contribution in [-0.2, 0) is 13.0 Å². The molecule has 1 aromatic carbocycles. The number of imidazole rings is 1. The zero-order valence-electron chi connectivity index (χ0n) is 11.4. The molecule has 20 heavy (non-hydrogen) atoms. The van der Waals surface area contributed by atoms with E-state index in [1.54, 1.807) is 6.20 Å². The van der Waals surface area contributed by atoms with Gasteiger partial charge in [-0.25, -0.2) is 4.98 Å². The highest BCUT2D eigenvalue weighted by Crippen LogP contribution is 2.39. The van der Waals surface area contributed by atoms with Crippen LogP contribution in [0.25, 0.3) is 0 Å². The van der Waals surface area contributed by atoms with E-state index in [0.29, 0.717) is 6.42 Å². The Morgan fingerprint density at radius 3 is 2.85 bits per heavy atom. The molecule has 0 saturated heterocycles. The number of aromatic nitrogens is 2. The standard InChI is InChI=1S/C16H19ClN2O/c17-15-5-3-13(4-6-15)10-16(20)7-1-2-14(16)11-19-9-8-18-12-19/h3-6,8-9,12,14,20H,1-2,7,10-11H2/t14-,16+/m1/s1. The molecule has 0 aliphatic heterocycles. The first-order valence-corrected chi connectivity index (χ1v) is 7.46. The molecule has 106 valence electrons. The molecule has 0 unspecified atom stereocenters. The summed E-state index contributed by atoms with van der Waals surface area (Å²) in [5.41, 5.74) is 0.535. The highest BCUT2D eigenvalue weighted by molar-refractivity contribution is 6.30. The number of rotatable bonds is 4. The minimum atomic E-state index is -0.613. The SMILES string of the molecule is O[C@]1(Cc2ccc(Cl)cc2)CCC[C@@H]1Cn1ccnc1. The summed E-state index contributed by atoms with van der Waals surface area (Å²) in [6.45, 7) is 0.837. The molecule has 4 heteroatoms. The maximum atomic E-state index is 11.0. The van der Waals surface area contributed by atoms with Gasteiger partial charge in [0.15, 0.2) is 0 Å². The van der Waals surface area contributed by atoms with E-state index >= 15 is 0 Å². The van der Waals surface area contributed by atoms with Crippen LogP contribution in [0.15, 0.2) is 43.0 Å². The van der Waals surface area contributed by atoms with E-state index in [0.717, 1.165) is 36.4 Å². The van der Waals surface area contributed by atoms with Gasteiger partial charge in [0.2, 0.25) is 0 Å². The second-order valence-electron chi connectivity index (χ2n) is 5.76. The lowest BCUT2D eigenvalue weighted by molar-refractivity contribution is -0.00348. The monoisotopic (exact) mass is 290 g/mol. The van der Waals surface area contributed by atoms with Crippen molar-refractivity contribution in [3.8, 4) is 0 Å². The minimum absolute atomic E-state index is 0.285. The summed E-state index contributed by atoms with van der Waals surface area (Å²) in [5, 5.41) is 11.7. The molecule has 1 aliphatic rings. The van der Waals surface area contributed by atoms with E-state index in [2.05, 4.69) is 9.55 Å². The molecule has 0 radical (unpaired) electrons. The maximum Gasteiger partial charge on any atom is 0.0946 e. The zero-order valence-corrected chi connectivity index (χ0v) is 12.1. The van der Waals surface area contributed by atoms with Crippen LogP contribution in [0.4, 0.5) is 0 Å². The lowest BCUT2D eigenvalue weighted by Gasteiger charge is -2.30. The highest BCUT2D eigenvalue weighted by Gasteiger charge is 2.40. The first-order valence-electron chi connectivity index (χ1n) is 7.08. The Labute approximate surface area is 124 Å². The van der Waals surface area contributed by atoms with E-state index < -0.39 is 5.60 Å². The quantitative estimate of drug-likeness (QED) is 0.938. The first-order chi connectivity index (χ1) is 9.66. The van der Waals surface area contributed by atoms with E-state index in [1.165, 1.54) is 0 Å². The van der Waals surface area contributed by atoms with Crippen LogP contribution >= 0.6 is 11.6 Å². The van der Waals surface area contributed by atoms with Crippen molar-refractivity contribution in [3.63, 3.8) is 0 Å². The number of benzene rings is 1. The van der Waals surface area contributed by atoms with Crippen molar-refractivity contribution in [2.45, 2.75) is 37.8 Å². The number of nitrogens with zero attached hydrogens (tertiary/aromatic N) is 2. The zero-order chi connectivity index (χ0) is 14.0. The topological polar surface area (TPSA) is 38.0 Å². The molecule has 1 saturated carbocycles. The molecule has 1 aromatic heterocycles. The van der Waals surface area contributed by atoms with Gasteiger partial charge in [-0.05, 0) is 30.5 Å². The Bertz CT molecular complexity index is 552. The number of hydrogen-bond donors (Lipinski definition) is 1. The van der Waals surface area contributed by atoms with Gasteiger partial charge in [0.1, 0.15) is 0 Å². The molecule has 2 atom stereocenters. The third kappa shape index (κ3) is 2.89. The smallest absolute Gasteiger partial charge is 0.0946 e. The van der Waals surface area contributed by atoms with Crippen LogP contribution in [0.2, 0.25) is 5.02 Å². The van der Waals surface area contributed by atoms with Crippen molar-refractivity contribution >= 4 is 11.6 Å². The fraction of sp³-hybridized carbons (Fsp3) is 0.438. The van der Waals surface area contributed by atoms with Crippen molar-refractivity contribution in [3.05, 3.63) is 53.6 Å². The summed E-state index contributed by atoms with van der Waals surface area (Å²) in [4.78, 5) is 4.07. The molecule has 2 aromatic rings. The molecule has 1 aliphatic carbocycles. The first kappa shape index (κ1) is 13.7. The maximum absolute atomic E-state index is 11.0. The van der Waals surface area contributed by atoms with Gasteiger partial charge in [-0.3, -0.25) is 0 Å².